The van der Waals surface area contributed by atoms with Gasteiger partial charge in [-0.3, -0.25) is 19.3 Å². The minimum absolute atomic E-state index is 0.0589. The van der Waals surface area contributed by atoms with Crippen LogP contribution in [0.15, 0.2) is 0 Å². The van der Waals surface area contributed by atoms with Gasteiger partial charge < -0.3 is 15.1 Å². The summed E-state index contributed by atoms with van der Waals surface area (Å²) in [5.74, 6) is 0.347. The molecule has 2 aliphatic heterocycles. The molecular weight excluding hydrogens is 332 g/mol. The van der Waals surface area contributed by atoms with Gasteiger partial charge in [0.05, 0.1) is 19.0 Å². The van der Waals surface area contributed by atoms with Crippen molar-refractivity contribution in [2.75, 3.05) is 39.3 Å². The standard InChI is InChI=1S/C19H32N4O3/c1-14(2)12-21-8-7-20-19(26)16(21)11-17(24)22-9-10-23(18(25)13-22)15-5-3-4-6-15/h14-16H,3-13H2,1-2H3,(H,20,26). The third kappa shape index (κ3) is 4.37. The minimum Gasteiger partial charge on any atom is -0.353 e. The molecule has 1 unspecified atom stereocenters. The number of nitrogens with one attached hydrogen (secondary N) is 1. The fourth-order valence-electron chi connectivity index (χ4n) is 4.47. The molecule has 146 valence electrons. The molecule has 0 bridgehead atoms. The van der Waals surface area contributed by atoms with E-state index < -0.39 is 6.04 Å². The second-order valence-electron chi connectivity index (χ2n) is 8.24. The van der Waals surface area contributed by atoms with Crippen LogP contribution in [0, 0.1) is 5.92 Å². The number of hydrogen-bond donors (Lipinski definition) is 1. The average molecular weight is 364 g/mol. The highest BCUT2D eigenvalue weighted by Crippen LogP contribution is 2.25. The van der Waals surface area contributed by atoms with Gasteiger partial charge in [0.1, 0.15) is 0 Å². The molecule has 0 aromatic heterocycles. The molecule has 7 heteroatoms. The lowest BCUT2D eigenvalue weighted by Crippen LogP contribution is -2.59. The second-order valence-corrected chi connectivity index (χ2v) is 8.24. The summed E-state index contributed by atoms with van der Waals surface area (Å²) in [5.41, 5.74) is 0. The Hall–Kier alpha value is -1.63. The molecule has 26 heavy (non-hydrogen) atoms. The third-order valence-corrected chi connectivity index (χ3v) is 5.78. The van der Waals surface area contributed by atoms with Gasteiger partial charge in [-0.1, -0.05) is 26.7 Å². The Kier molecular flexibility index (Phi) is 6.16. The van der Waals surface area contributed by atoms with Gasteiger partial charge in [-0.2, -0.15) is 0 Å². The molecule has 1 saturated carbocycles. The molecule has 3 aliphatic rings. The van der Waals surface area contributed by atoms with Gasteiger partial charge in [0.25, 0.3) is 0 Å². The molecule has 2 heterocycles. The minimum atomic E-state index is -0.415. The molecule has 1 aliphatic carbocycles. The molecule has 1 atom stereocenters. The van der Waals surface area contributed by atoms with E-state index in [2.05, 4.69) is 24.1 Å². The lowest BCUT2D eigenvalue weighted by Gasteiger charge is -2.40. The summed E-state index contributed by atoms with van der Waals surface area (Å²) in [4.78, 5) is 43.3. The van der Waals surface area contributed by atoms with Crippen molar-refractivity contribution in [3.63, 3.8) is 0 Å². The van der Waals surface area contributed by atoms with Crippen molar-refractivity contribution in [3.05, 3.63) is 0 Å². The molecule has 0 radical (unpaired) electrons. The highest BCUT2D eigenvalue weighted by atomic mass is 16.2. The Morgan fingerprint density at radius 2 is 1.88 bits per heavy atom. The van der Waals surface area contributed by atoms with Crippen LogP contribution in [0.4, 0.5) is 0 Å². The highest BCUT2D eigenvalue weighted by molar-refractivity contribution is 5.91. The normalized spacial score (nSPS) is 25.9. The molecule has 0 spiro atoms. The fourth-order valence-corrected chi connectivity index (χ4v) is 4.47. The van der Waals surface area contributed by atoms with Crippen molar-refractivity contribution >= 4 is 17.7 Å². The number of nitrogens with zero attached hydrogens (tertiary/aromatic N) is 3. The van der Waals surface area contributed by atoms with Gasteiger partial charge in [0, 0.05) is 38.8 Å². The Balaban J connectivity index is 1.57. The van der Waals surface area contributed by atoms with Crippen molar-refractivity contribution in [1.82, 2.24) is 20.0 Å². The van der Waals surface area contributed by atoms with Crippen molar-refractivity contribution < 1.29 is 14.4 Å². The van der Waals surface area contributed by atoms with Crippen LogP contribution in [0.3, 0.4) is 0 Å². The molecule has 1 N–H and O–H groups in total. The van der Waals surface area contributed by atoms with E-state index in [0.717, 1.165) is 25.9 Å². The highest BCUT2D eigenvalue weighted by Gasteiger charge is 2.36. The Morgan fingerprint density at radius 1 is 1.15 bits per heavy atom. The zero-order chi connectivity index (χ0) is 18.7. The maximum atomic E-state index is 12.8. The maximum Gasteiger partial charge on any atom is 0.242 e. The van der Waals surface area contributed by atoms with Gasteiger partial charge >= 0.3 is 0 Å². The van der Waals surface area contributed by atoms with E-state index in [1.54, 1.807) is 4.90 Å². The number of rotatable bonds is 5. The lowest BCUT2D eigenvalue weighted by molar-refractivity contribution is -0.148. The topological polar surface area (TPSA) is 73.0 Å². The zero-order valence-electron chi connectivity index (χ0n) is 16.1. The lowest BCUT2D eigenvalue weighted by atomic mass is 10.0. The maximum absolute atomic E-state index is 12.8. The van der Waals surface area contributed by atoms with E-state index in [1.165, 1.54) is 12.8 Å². The first-order valence-electron chi connectivity index (χ1n) is 10.0. The summed E-state index contributed by atoms with van der Waals surface area (Å²) in [6.07, 6.45) is 4.73. The summed E-state index contributed by atoms with van der Waals surface area (Å²) in [6.45, 7) is 7.82. The SMILES string of the molecule is CC(C)CN1CCNC(=O)C1CC(=O)N1CCN(C2CCCC2)C(=O)C1. The fraction of sp³-hybridized carbons (Fsp3) is 0.842. The van der Waals surface area contributed by atoms with Crippen molar-refractivity contribution in [2.24, 2.45) is 5.92 Å². The number of hydrogen-bond acceptors (Lipinski definition) is 4. The summed E-state index contributed by atoms with van der Waals surface area (Å²) >= 11 is 0. The Labute approximate surface area is 156 Å². The van der Waals surface area contributed by atoms with Crippen LogP contribution in [-0.2, 0) is 14.4 Å². The monoisotopic (exact) mass is 364 g/mol. The summed E-state index contributed by atoms with van der Waals surface area (Å²) in [5, 5.41) is 2.87. The largest absolute Gasteiger partial charge is 0.353 e. The van der Waals surface area contributed by atoms with E-state index in [4.69, 9.17) is 0 Å². The molecular formula is C19H32N4O3. The Morgan fingerprint density at radius 3 is 2.54 bits per heavy atom. The molecule has 0 aromatic rings. The first-order valence-corrected chi connectivity index (χ1v) is 10.0. The number of amides is 3. The number of carbonyl (C=O) groups excluding carboxylic acids is 3. The van der Waals surface area contributed by atoms with Crippen LogP contribution in [0.25, 0.3) is 0 Å². The van der Waals surface area contributed by atoms with Crippen molar-refractivity contribution in [3.8, 4) is 0 Å². The molecule has 0 aromatic carbocycles. The molecule has 3 amide bonds. The van der Waals surface area contributed by atoms with E-state index >= 15 is 0 Å². The smallest absolute Gasteiger partial charge is 0.242 e. The van der Waals surface area contributed by atoms with E-state index in [1.807, 2.05) is 4.90 Å². The van der Waals surface area contributed by atoms with Crippen LogP contribution in [0.2, 0.25) is 0 Å². The van der Waals surface area contributed by atoms with E-state index in [0.29, 0.717) is 31.6 Å². The van der Waals surface area contributed by atoms with Crippen LogP contribution >= 0.6 is 0 Å². The van der Waals surface area contributed by atoms with Gasteiger partial charge in [-0.15, -0.1) is 0 Å². The van der Waals surface area contributed by atoms with E-state index in [9.17, 15) is 14.4 Å². The molecule has 7 nitrogen and oxygen atoms in total. The van der Waals surface area contributed by atoms with Gasteiger partial charge in [0.15, 0.2) is 0 Å². The Bertz CT molecular complexity index is 545. The molecule has 3 fully saturated rings. The summed E-state index contributed by atoms with van der Waals surface area (Å²) in [7, 11) is 0. The van der Waals surface area contributed by atoms with Crippen molar-refractivity contribution in [2.45, 2.75) is 58.0 Å². The van der Waals surface area contributed by atoms with E-state index in [-0.39, 0.29) is 30.7 Å². The second kappa shape index (κ2) is 8.37. The quantitative estimate of drug-likeness (QED) is 0.769. The first-order chi connectivity index (χ1) is 12.5. The van der Waals surface area contributed by atoms with Crippen LogP contribution in [-0.4, -0.2) is 83.8 Å². The van der Waals surface area contributed by atoms with Crippen LogP contribution in [0.5, 0.6) is 0 Å². The predicted octanol–water partition coefficient (Wildman–Crippen LogP) is 0.446. The molecule has 2 saturated heterocycles. The zero-order valence-corrected chi connectivity index (χ0v) is 16.1. The van der Waals surface area contributed by atoms with Gasteiger partial charge in [-0.05, 0) is 18.8 Å². The number of piperazine rings is 2. The first kappa shape index (κ1) is 19.1. The van der Waals surface area contributed by atoms with Crippen LogP contribution in [0.1, 0.15) is 46.0 Å². The third-order valence-electron chi connectivity index (χ3n) is 5.78. The summed E-state index contributed by atoms with van der Waals surface area (Å²) in [6, 6.07) is -0.0491. The predicted molar refractivity (Wildman–Crippen MR) is 98.4 cm³/mol. The average Bonchev–Trinajstić information content (AvgIpc) is 3.11. The van der Waals surface area contributed by atoms with Crippen molar-refractivity contribution in [1.29, 1.82) is 0 Å². The van der Waals surface area contributed by atoms with Gasteiger partial charge in [0.2, 0.25) is 17.7 Å². The van der Waals surface area contributed by atoms with Crippen LogP contribution < -0.4 is 5.32 Å². The molecule has 3 rings (SSSR count). The van der Waals surface area contributed by atoms with Gasteiger partial charge in [-0.25, -0.2) is 0 Å². The number of carbonyl (C=O) groups is 3. The summed E-state index contributed by atoms with van der Waals surface area (Å²) < 4.78 is 0.